The minimum atomic E-state index is 0. The molecular formula is C17H25BrIN3O2. The first-order valence-electron chi connectivity index (χ1n) is 8.19. The number of ether oxygens (including phenoxy) is 2. The first-order valence-corrected chi connectivity index (χ1v) is 8.98. The topological polar surface area (TPSA) is 54.9 Å². The molecule has 4 unspecified atom stereocenters. The first-order chi connectivity index (χ1) is 11.1. The van der Waals surface area contributed by atoms with E-state index < -0.39 is 0 Å². The third kappa shape index (κ3) is 5.23. The second kappa shape index (κ2) is 9.24. The van der Waals surface area contributed by atoms with Gasteiger partial charge in [-0.3, -0.25) is 4.99 Å². The number of fused-ring (bicyclic) bond motifs is 2. The zero-order chi connectivity index (χ0) is 16.2. The van der Waals surface area contributed by atoms with Gasteiger partial charge in [-0.2, -0.15) is 0 Å². The van der Waals surface area contributed by atoms with Crippen molar-refractivity contribution in [2.75, 3.05) is 13.6 Å². The maximum Gasteiger partial charge on any atom is 0.191 e. The van der Waals surface area contributed by atoms with Gasteiger partial charge in [-0.05, 0) is 50.5 Å². The lowest BCUT2D eigenvalue weighted by Crippen LogP contribution is -2.49. The monoisotopic (exact) mass is 509 g/mol. The highest BCUT2D eigenvalue weighted by molar-refractivity contribution is 14.0. The Bertz CT molecular complexity index is 555. The summed E-state index contributed by atoms with van der Waals surface area (Å²) < 4.78 is 12.8. The summed E-state index contributed by atoms with van der Waals surface area (Å²) in [5, 5.41) is 6.81. The quantitative estimate of drug-likeness (QED) is 0.363. The van der Waals surface area contributed by atoms with E-state index in [9.17, 15) is 0 Å². The SMILES string of the molecule is CN=C(NCC(C)Oc1ccc(Br)cc1)NC1CC2CCC1O2.I. The highest BCUT2D eigenvalue weighted by Gasteiger charge is 2.41. The zero-order valence-corrected chi connectivity index (χ0v) is 17.9. The van der Waals surface area contributed by atoms with Crippen molar-refractivity contribution in [3.8, 4) is 5.75 Å². The molecule has 5 nitrogen and oxygen atoms in total. The Morgan fingerprint density at radius 3 is 2.71 bits per heavy atom. The predicted molar refractivity (Wildman–Crippen MR) is 110 cm³/mol. The summed E-state index contributed by atoms with van der Waals surface area (Å²) in [5.74, 6) is 1.68. The van der Waals surface area contributed by atoms with E-state index in [-0.39, 0.29) is 30.1 Å². The van der Waals surface area contributed by atoms with Crippen LogP contribution >= 0.6 is 39.9 Å². The van der Waals surface area contributed by atoms with E-state index in [0.717, 1.165) is 29.0 Å². The summed E-state index contributed by atoms with van der Waals surface area (Å²) in [7, 11) is 1.80. The molecule has 1 aromatic rings. The molecule has 1 aromatic carbocycles. The fourth-order valence-corrected chi connectivity index (χ4v) is 3.45. The summed E-state index contributed by atoms with van der Waals surface area (Å²) in [5.41, 5.74) is 0. The molecule has 2 saturated heterocycles. The first kappa shape index (κ1) is 19.8. The third-order valence-corrected chi connectivity index (χ3v) is 4.89. The minimum Gasteiger partial charge on any atom is -0.489 e. The summed E-state index contributed by atoms with van der Waals surface area (Å²) in [6.07, 6.45) is 4.27. The van der Waals surface area contributed by atoms with Gasteiger partial charge in [-0.25, -0.2) is 0 Å². The number of hydrogen-bond donors (Lipinski definition) is 2. The van der Waals surface area contributed by atoms with Crippen LogP contribution in [0.5, 0.6) is 5.75 Å². The van der Waals surface area contributed by atoms with Crippen LogP contribution in [-0.4, -0.2) is 43.9 Å². The fourth-order valence-electron chi connectivity index (χ4n) is 3.19. The number of aliphatic imine (C=N–C) groups is 1. The molecule has 2 N–H and O–H groups in total. The van der Waals surface area contributed by atoms with Crippen molar-refractivity contribution in [1.29, 1.82) is 0 Å². The molecule has 2 fully saturated rings. The van der Waals surface area contributed by atoms with E-state index in [4.69, 9.17) is 9.47 Å². The molecule has 0 aromatic heterocycles. The standard InChI is InChI=1S/C17H24BrN3O2.HI/c1-11(22-13-5-3-12(18)4-6-13)10-20-17(19-2)21-15-9-14-7-8-16(15)23-14;/h3-6,11,14-16H,7-10H2,1-2H3,(H2,19,20,21);1H. The fraction of sp³-hybridized carbons (Fsp3) is 0.588. The molecule has 3 rings (SSSR count). The number of halogens is 2. The van der Waals surface area contributed by atoms with Gasteiger partial charge in [0.05, 0.1) is 24.8 Å². The van der Waals surface area contributed by atoms with Gasteiger partial charge < -0.3 is 20.1 Å². The third-order valence-electron chi connectivity index (χ3n) is 4.36. The highest BCUT2D eigenvalue weighted by atomic mass is 127. The number of guanidine groups is 1. The van der Waals surface area contributed by atoms with E-state index in [1.54, 1.807) is 7.05 Å². The van der Waals surface area contributed by atoms with Crippen molar-refractivity contribution < 1.29 is 9.47 Å². The lowest BCUT2D eigenvalue weighted by atomic mass is 9.96. The molecule has 134 valence electrons. The molecule has 2 aliphatic heterocycles. The van der Waals surface area contributed by atoms with Crippen molar-refractivity contribution in [3.63, 3.8) is 0 Å². The molecule has 0 saturated carbocycles. The molecule has 0 aliphatic carbocycles. The number of nitrogens with one attached hydrogen (secondary N) is 2. The maximum atomic E-state index is 5.89. The van der Waals surface area contributed by atoms with Crippen LogP contribution in [0.2, 0.25) is 0 Å². The van der Waals surface area contributed by atoms with Crippen molar-refractivity contribution in [1.82, 2.24) is 10.6 Å². The summed E-state index contributed by atoms with van der Waals surface area (Å²) in [6.45, 7) is 2.74. The van der Waals surface area contributed by atoms with Gasteiger partial charge in [0.15, 0.2) is 5.96 Å². The highest BCUT2D eigenvalue weighted by Crippen LogP contribution is 2.34. The number of nitrogens with zero attached hydrogens (tertiary/aromatic N) is 1. The summed E-state index contributed by atoms with van der Waals surface area (Å²) >= 11 is 3.42. The van der Waals surface area contributed by atoms with Gasteiger partial charge in [0.25, 0.3) is 0 Å². The largest absolute Gasteiger partial charge is 0.489 e. The van der Waals surface area contributed by atoms with Gasteiger partial charge in [0.2, 0.25) is 0 Å². The minimum absolute atomic E-state index is 0. The Morgan fingerprint density at radius 1 is 1.38 bits per heavy atom. The average molecular weight is 510 g/mol. The second-order valence-corrected chi connectivity index (χ2v) is 7.11. The lowest BCUT2D eigenvalue weighted by molar-refractivity contribution is 0.0992. The average Bonchev–Trinajstić information content (AvgIpc) is 3.16. The van der Waals surface area contributed by atoms with E-state index >= 15 is 0 Å². The lowest BCUT2D eigenvalue weighted by Gasteiger charge is -2.23. The molecule has 2 aliphatic rings. The molecule has 0 radical (unpaired) electrons. The van der Waals surface area contributed by atoms with E-state index in [0.29, 0.717) is 24.8 Å². The molecule has 24 heavy (non-hydrogen) atoms. The van der Waals surface area contributed by atoms with Crippen LogP contribution in [-0.2, 0) is 4.74 Å². The molecule has 7 heteroatoms. The van der Waals surface area contributed by atoms with Crippen molar-refractivity contribution in [3.05, 3.63) is 28.7 Å². The Balaban J connectivity index is 0.00000208. The van der Waals surface area contributed by atoms with E-state index in [1.807, 2.05) is 31.2 Å². The Labute approximate surface area is 169 Å². The smallest absolute Gasteiger partial charge is 0.191 e. The molecular weight excluding hydrogens is 485 g/mol. The van der Waals surface area contributed by atoms with Crippen LogP contribution in [0.15, 0.2) is 33.7 Å². The van der Waals surface area contributed by atoms with Gasteiger partial charge >= 0.3 is 0 Å². The predicted octanol–water partition coefficient (Wildman–Crippen LogP) is 3.32. The van der Waals surface area contributed by atoms with Crippen molar-refractivity contribution in [2.45, 2.75) is 50.5 Å². The van der Waals surface area contributed by atoms with Crippen LogP contribution in [0.1, 0.15) is 26.2 Å². The summed E-state index contributed by atoms with van der Waals surface area (Å²) in [6, 6.07) is 8.25. The number of hydrogen-bond acceptors (Lipinski definition) is 3. The van der Waals surface area contributed by atoms with Crippen LogP contribution in [0.3, 0.4) is 0 Å². The second-order valence-electron chi connectivity index (χ2n) is 6.20. The van der Waals surface area contributed by atoms with Gasteiger partial charge in [0.1, 0.15) is 11.9 Å². The Kier molecular flexibility index (Phi) is 7.61. The zero-order valence-electron chi connectivity index (χ0n) is 14.0. The molecule has 2 heterocycles. The van der Waals surface area contributed by atoms with Crippen molar-refractivity contribution in [2.24, 2.45) is 4.99 Å². The van der Waals surface area contributed by atoms with Gasteiger partial charge in [-0.1, -0.05) is 15.9 Å². The number of rotatable bonds is 5. The van der Waals surface area contributed by atoms with Crippen LogP contribution in [0, 0.1) is 0 Å². The molecule has 0 spiro atoms. The van der Waals surface area contributed by atoms with Crippen LogP contribution in [0.25, 0.3) is 0 Å². The van der Waals surface area contributed by atoms with E-state index in [1.165, 1.54) is 6.42 Å². The molecule has 2 bridgehead atoms. The van der Waals surface area contributed by atoms with Crippen molar-refractivity contribution >= 4 is 45.9 Å². The summed E-state index contributed by atoms with van der Waals surface area (Å²) in [4.78, 5) is 4.30. The molecule has 4 atom stereocenters. The van der Waals surface area contributed by atoms with E-state index in [2.05, 4.69) is 31.6 Å². The number of benzene rings is 1. The Hall–Kier alpha value is -0.540. The molecule has 0 amide bonds. The maximum absolute atomic E-state index is 5.89. The van der Waals surface area contributed by atoms with Gasteiger partial charge in [0, 0.05) is 11.5 Å². The normalized spacial score (nSPS) is 26.6. The Morgan fingerprint density at radius 2 is 2.12 bits per heavy atom. The van der Waals surface area contributed by atoms with Gasteiger partial charge in [-0.15, -0.1) is 24.0 Å². The van der Waals surface area contributed by atoms with Crippen LogP contribution < -0.4 is 15.4 Å². The van der Waals surface area contributed by atoms with Crippen LogP contribution in [0.4, 0.5) is 0 Å².